The molecule has 13 aromatic rings. The Kier molecular flexibility index (Phi) is 7.30. The van der Waals surface area contributed by atoms with Crippen molar-refractivity contribution in [3.8, 4) is 22.9 Å². The summed E-state index contributed by atoms with van der Waals surface area (Å²) in [5, 5.41) is 4.37. The molecule has 1 aliphatic heterocycles. The van der Waals surface area contributed by atoms with Gasteiger partial charge in [-0.2, -0.15) is 0 Å². The summed E-state index contributed by atoms with van der Waals surface area (Å²) in [6.45, 7) is -0.533. The van der Waals surface area contributed by atoms with Crippen LogP contribution in [0.2, 0.25) is 0 Å². The van der Waals surface area contributed by atoms with Gasteiger partial charge in [0.1, 0.15) is 11.5 Å². The lowest BCUT2D eigenvalue weighted by Gasteiger charge is -2.40. The molecule has 14 rings (SSSR count). The van der Waals surface area contributed by atoms with Crippen LogP contribution in [0.15, 0.2) is 218 Å². The molecule has 4 aromatic heterocycles. The number of rotatable bonds is 6. The van der Waals surface area contributed by atoms with Crippen molar-refractivity contribution in [3.63, 3.8) is 0 Å². The lowest BCUT2D eigenvalue weighted by Crippen LogP contribution is -2.75. The largest absolute Gasteiger partial charge is 0.457 e. The van der Waals surface area contributed by atoms with Gasteiger partial charge in [0.2, 0.25) is 11.6 Å². The van der Waals surface area contributed by atoms with Gasteiger partial charge < -0.3 is 4.74 Å². The molecule has 8 heteroatoms. The van der Waals surface area contributed by atoms with Gasteiger partial charge in [-0.3, -0.25) is 17.9 Å². The Bertz CT molecular complexity index is 4210. The van der Waals surface area contributed by atoms with E-state index in [0.29, 0.717) is 22.6 Å². The summed E-state index contributed by atoms with van der Waals surface area (Å²) in [5.74, 6) is 2.80. The zero-order valence-electron chi connectivity index (χ0n) is 39.4. The third-order valence-corrected chi connectivity index (χ3v) is 18.9. The maximum Gasteiger partial charge on any atom is 0.220 e. The second-order valence-corrected chi connectivity index (χ2v) is 21.5. The molecule has 1 atom stereocenters. The van der Waals surface area contributed by atoms with Crippen molar-refractivity contribution in [2.45, 2.75) is 19.2 Å². The van der Waals surface area contributed by atoms with Gasteiger partial charge >= 0.3 is 0 Å². The number of para-hydroxylation sites is 8. The monoisotopic (exact) mass is 881 g/mol. The summed E-state index contributed by atoms with van der Waals surface area (Å²) in [6.07, 6.45) is 0. The molecular formula is C59H42N6OSi. The minimum absolute atomic E-state index is 0.558. The summed E-state index contributed by atoms with van der Waals surface area (Å²) < 4.78 is 43.4. The molecular weight excluding hydrogens is 837 g/mol. The molecule has 0 bridgehead atoms. The number of imidazole rings is 4. The second-order valence-electron chi connectivity index (χ2n) is 17.7. The molecule has 5 heterocycles. The Morgan fingerprint density at radius 3 is 1.66 bits per heavy atom. The normalized spacial score (nSPS) is 15.7. The van der Waals surface area contributed by atoms with Crippen molar-refractivity contribution >= 4 is 84.5 Å². The van der Waals surface area contributed by atoms with E-state index in [1.165, 1.54) is 0 Å². The van der Waals surface area contributed by atoms with Gasteiger partial charge in [-0.1, -0.05) is 159 Å². The van der Waals surface area contributed by atoms with Gasteiger partial charge in [-0.05, 0) is 93.5 Å². The summed E-state index contributed by atoms with van der Waals surface area (Å²) in [7, 11) is -3.39. The summed E-state index contributed by atoms with van der Waals surface area (Å²) in [6, 6.07) is 75.8. The Morgan fingerprint density at radius 1 is 0.448 bits per heavy atom. The molecule has 0 fully saturated rings. The van der Waals surface area contributed by atoms with Crippen LogP contribution in [0.3, 0.4) is 0 Å². The number of hydrogen-bond acceptors (Lipinski definition) is 3. The zero-order valence-corrected chi connectivity index (χ0v) is 37.4. The molecule has 1 aliphatic rings. The summed E-state index contributed by atoms with van der Waals surface area (Å²) in [5.41, 5.74) is 9.97. The fourth-order valence-corrected chi connectivity index (χ4v) is 16.1. The molecule has 0 aliphatic carbocycles. The number of ether oxygens (including phenoxy) is 1. The number of hydrogen-bond donors (Lipinski definition) is 0. The van der Waals surface area contributed by atoms with Crippen LogP contribution in [0.5, 0.6) is 11.5 Å². The van der Waals surface area contributed by atoms with Crippen LogP contribution in [-0.2, 0) is 5.41 Å². The smallest absolute Gasteiger partial charge is 0.220 e. The first kappa shape index (κ1) is 34.9. The van der Waals surface area contributed by atoms with E-state index in [9.17, 15) is 0 Å². The first-order chi connectivity index (χ1) is 34.2. The van der Waals surface area contributed by atoms with E-state index in [1.807, 2.05) is 49.4 Å². The molecule has 9 aromatic carbocycles. The van der Waals surface area contributed by atoms with Gasteiger partial charge in [-0.25, -0.2) is 9.97 Å². The van der Waals surface area contributed by atoms with Crippen molar-refractivity contribution in [1.82, 2.24) is 27.9 Å². The van der Waals surface area contributed by atoms with Crippen LogP contribution >= 0.6 is 0 Å². The molecule has 0 amide bonds. The molecule has 0 saturated carbocycles. The quantitative estimate of drug-likeness (QED) is 0.123. The van der Waals surface area contributed by atoms with Crippen LogP contribution in [-0.4, -0.2) is 36.0 Å². The first-order valence-electron chi connectivity index (χ1n) is 24.2. The van der Waals surface area contributed by atoms with Gasteiger partial charge in [-0.15, -0.1) is 0 Å². The number of aromatic nitrogens is 6. The molecule has 1 unspecified atom stereocenters. The Balaban J connectivity index is 1.02. The molecule has 0 N–H and O–H groups in total. The molecule has 0 saturated heterocycles. The highest BCUT2D eigenvalue weighted by Gasteiger charge is 2.47. The third kappa shape index (κ3) is 5.21. The SMILES string of the molecule is [2H]C([2H])([2H])C1(C)c2ccccc2Oc2c1cccc2[Si](c1ccccc1)(c1ccccc1)c1cccc(-n2c3ccccc3n3c4cc(-n5c6ccccc6n6c7ccccc7nc56)ccc4nc23)c1. The van der Waals surface area contributed by atoms with Crippen LogP contribution in [0.4, 0.5) is 0 Å². The minimum atomic E-state index is -3.39. The fraction of sp³-hybridized carbons (Fsp3) is 0.0508. The fourth-order valence-electron chi connectivity index (χ4n) is 11.2. The Morgan fingerprint density at radius 2 is 0.970 bits per heavy atom. The van der Waals surface area contributed by atoms with Gasteiger partial charge in [0.15, 0.2) is 8.07 Å². The van der Waals surface area contributed by atoms with Gasteiger partial charge in [0.05, 0.1) is 49.8 Å². The van der Waals surface area contributed by atoms with E-state index in [2.05, 4.69) is 194 Å². The van der Waals surface area contributed by atoms with E-state index in [1.54, 1.807) is 0 Å². The van der Waals surface area contributed by atoms with E-state index in [-0.39, 0.29) is 0 Å². The standard InChI is InChI=1S/C59H42N6OSi/c1-59(2)44-25-9-16-33-54(44)66-56-45(59)26-18-34-55(56)67(41-20-5-3-6-21-41,42-22-7-4-8-23-42)43-24-17-19-39(37-43)62-50-30-13-15-32-52(50)65-53-38-40(35-36-47(53)61-58(62)65)63-49-29-12-14-31-51(49)64-48-28-11-10-27-46(48)60-57(63)64/h3-38H,1-2H3/i1D3. The lowest BCUT2D eigenvalue weighted by atomic mass is 9.76. The lowest BCUT2D eigenvalue weighted by molar-refractivity contribution is 0.421. The predicted octanol–water partition coefficient (Wildman–Crippen LogP) is 11.0. The van der Waals surface area contributed by atoms with Crippen LogP contribution in [0, 0.1) is 0 Å². The van der Waals surface area contributed by atoms with Crippen molar-refractivity contribution in [2.24, 2.45) is 0 Å². The van der Waals surface area contributed by atoms with Gasteiger partial charge in [0.25, 0.3) is 0 Å². The summed E-state index contributed by atoms with van der Waals surface area (Å²) in [4.78, 5) is 10.6. The van der Waals surface area contributed by atoms with Crippen molar-refractivity contribution in [2.75, 3.05) is 0 Å². The van der Waals surface area contributed by atoms with Crippen LogP contribution in [0.1, 0.15) is 29.0 Å². The number of nitrogens with zero attached hydrogens (tertiary/aromatic N) is 6. The molecule has 0 radical (unpaired) electrons. The molecule has 7 nitrogen and oxygen atoms in total. The highest BCUT2D eigenvalue weighted by atomic mass is 28.3. The van der Waals surface area contributed by atoms with Crippen molar-refractivity contribution < 1.29 is 8.85 Å². The highest BCUT2D eigenvalue weighted by molar-refractivity contribution is 7.20. The van der Waals surface area contributed by atoms with Crippen molar-refractivity contribution in [3.05, 3.63) is 230 Å². The van der Waals surface area contributed by atoms with Crippen LogP contribution in [0.25, 0.3) is 67.1 Å². The average molecular weight is 882 g/mol. The van der Waals surface area contributed by atoms with E-state index in [0.717, 1.165) is 87.8 Å². The topological polar surface area (TPSA) is 53.7 Å². The molecule has 318 valence electrons. The van der Waals surface area contributed by atoms with E-state index in [4.69, 9.17) is 18.8 Å². The predicted molar refractivity (Wildman–Crippen MR) is 275 cm³/mol. The van der Waals surface area contributed by atoms with E-state index < -0.39 is 20.3 Å². The Labute approximate surface area is 391 Å². The Hall–Kier alpha value is -8.46. The minimum Gasteiger partial charge on any atom is -0.457 e. The number of benzene rings is 9. The zero-order chi connectivity index (χ0) is 46.9. The molecule has 67 heavy (non-hydrogen) atoms. The van der Waals surface area contributed by atoms with Gasteiger partial charge in [0, 0.05) is 26.3 Å². The maximum atomic E-state index is 9.09. The second kappa shape index (κ2) is 14.0. The molecule has 0 spiro atoms. The average Bonchev–Trinajstić information content (AvgIpc) is 4.14. The highest BCUT2D eigenvalue weighted by Crippen LogP contribution is 2.47. The third-order valence-electron chi connectivity index (χ3n) is 14.1. The van der Waals surface area contributed by atoms with Crippen molar-refractivity contribution in [1.29, 1.82) is 0 Å². The van der Waals surface area contributed by atoms with Crippen LogP contribution < -0.4 is 25.5 Å². The summed E-state index contributed by atoms with van der Waals surface area (Å²) >= 11 is 0. The van der Waals surface area contributed by atoms with E-state index >= 15 is 0 Å². The number of fused-ring (bicyclic) bond motifs is 12. The maximum absolute atomic E-state index is 9.09. The first-order valence-corrected chi connectivity index (χ1v) is 24.7.